The van der Waals surface area contributed by atoms with Crippen LogP contribution in [0.5, 0.6) is 0 Å². The normalized spacial score (nSPS) is 18.2. The highest BCUT2D eigenvalue weighted by Crippen LogP contribution is 2.43. The quantitative estimate of drug-likeness (QED) is 0.898. The number of hydrogen-bond donors (Lipinski definition) is 1. The van der Waals surface area contributed by atoms with Crippen LogP contribution in [0.4, 0.5) is 4.39 Å². The first-order valence-corrected chi connectivity index (χ1v) is 7.22. The Kier molecular flexibility index (Phi) is 3.79. The van der Waals surface area contributed by atoms with E-state index in [2.05, 4.69) is 41.5 Å². The van der Waals surface area contributed by atoms with Crippen molar-refractivity contribution in [1.82, 2.24) is 10.3 Å². The highest BCUT2D eigenvalue weighted by Gasteiger charge is 2.34. The van der Waals surface area contributed by atoms with Crippen molar-refractivity contribution in [3.8, 4) is 0 Å². The minimum atomic E-state index is -0.217. The van der Waals surface area contributed by atoms with Crippen molar-refractivity contribution < 1.29 is 4.39 Å². The Bertz CT molecular complexity index is 597. The molecule has 1 heterocycles. The molecule has 2 aromatic rings. The Morgan fingerprint density at radius 1 is 1.35 bits per heavy atom. The Balaban J connectivity index is 1.91. The van der Waals surface area contributed by atoms with Crippen molar-refractivity contribution in [3.05, 3.63) is 65.2 Å². The molecular formula is C17H19FN2. The second-order valence-electron chi connectivity index (χ2n) is 5.34. The molecule has 104 valence electrons. The zero-order valence-corrected chi connectivity index (χ0v) is 11.6. The summed E-state index contributed by atoms with van der Waals surface area (Å²) in [5.41, 5.74) is 3.46. The maximum absolute atomic E-state index is 14.1. The van der Waals surface area contributed by atoms with Gasteiger partial charge < -0.3 is 5.32 Å². The summed E-state index contributed by atoms with van der Waals surface area (Å²) in [6.45, 7) is 3.02. The fourth-order valence-electron chi connectivity index (χ4n) is 3.00. The molecule has 1 aliphatic rings. The third kappa shape index (κ3) is 2.34. The molecule has 0 saturated heterocycles. The Morgan fingerprint density at radius 3 is 2.95 bits per heavy atom. The molecule has 1 aromatic carbocycles. The summed E-state index contributed by atoms with van der Waals surface area (Å²) in [6, 6.07) is 10.3. The first-order valence-electron chi connectivity index (χ1n) is 7.22. The molecule has 1 aliphatic carbocycles. The monoisotopic (exact) mass is 270 g/mol. The Hall–Kier alpha value is -1.74. The van der Waals surface area contributed by atoms with Gasteiger partial charge in [0, 0.05) is 23.7 Å². The number of aromatic nitrogens is 1. The van der Waals surface area contributed by atoms with Crippen LogP contribution in [-0.2, 0) is 6.42 Å². The molecule has 0 spiro atoms. The number of nitrogens with zero attached hydrogens (tertiary/aromatic N) is 1. The summed E-state index contributed by atoms with van der Waals surface area (Å²) in [4.78, 5) is 3.85. The molecule has 2 atom stereocenters. The summed E-state index contributed by atoms with van der Waals surface area (Å²) < 4.78 is 14.1. The van der Waals surface area contributed by atoms with Crippen molar-refractivity contribution in [2.75, 3.05) is 6.54 Å². The van der Waals surface area contributed by atoms with Gasteiger partial charge in [-0.2, -0.15) is 0 Å². The molecular weight excluding hydrogens is 251 g/mol. The van der Waals surface area contributed by atoms with Gasteiger partial charge in [0.05, 0.1) is 6.20 Å². The second kappa shape index (κ2) is 5.71. The largest absolute Gasteiger partial charge is 0.309 e. The van der Waals surface area contributed by atoms with Crippen molar-refractivity contribution >= 4 is 0 Å². The van der Waals surface area contributed by atoms with Gasteiger partial charge >= 0.3 is 0 Å². The predicted octanol–water partition coefficient (Wildman–Crippen LogP) is 3.60. The minimum absolute atomic E-state index is 0.0350. The summed E-state index contributed by atoms with van der Waals surface area (Å²) >= 11 is 0. The van der Waals surface area contributed by atoms with Crippen LogP contribution in [0.25, 0.3) is 0 Å². The molecule has 1 aromatic heterocycles. The number of halogens is 1. The third-order valence-corrected chi connectivity index (χ3v) is 4.05. The van der Waals surface area contributed by atoms with Crippen molar-refractivity contribution in [2.24, 2.45) is 0 Å². The smallest absolute Gasteiger partial charge is 0.146 e. The van der Waals surface area contributed by atoms with Crippen LogP contribution in [0.1, 0.15) is 42.0 Å². The first kappa shape index (κ1) is 13.3. The molecule has 20 heavy (non-hydrogen) atoms. The number of hydrogen-bond acceptors (Lipinski definition) is 2. The van der Waals surface area contributed by atoms with Gasteiger partial charge in [-0.1, -0.05) is 31.2 Å². The van der Waals surface area contributed by atoms with E-state index in [1.165, 1.54) is 17.3 Å². The number of rotatable bonds is 5. The number of fused-ring (bicyclic) bond motifs is 1. The second-order valence-corrected chi connectivity index (χ2v) is 5.34. The van der Waals surface area contributed by atoms with Gasteiger partial charge in [-0.25, -0.2) is 4.39 Å². The number of benzene rings is 1. The lowest BCUT2D eigenvalue weighted by Gasteiger charge is -2.37. The fourth-order valence-corrected chi connectivity index (χ4v) is 3.00. The molecule has 0 bridgehead atoms. The van der Waals surface area contributed by atoms with Crippen molar-refractivity contribution in [3.63, 3.8) is 0 Å². The number of pyridine rings is 1. The van der Waals surface area contributed by atoms with Gasteiger partial charge in [0.25, 0.3) is 0 Å². The van der Waals surface area contributed by atoms with Gasteiger partial charge in [-0.3, -0.25) is 4.98 Å². The highest BCUT2D eigenvalue weighted by atomic mass is 19.1. The van der Waals surface area contributed by atoms with E-state index >= 15 is 0 Å². The predicted molar refractivity (Wildman–Crippen MR) is 78.1 cm³/mol. The minimum Gasteiger partial charge on any atom is -0.309 e. The van der Waals surface area contributed by atoms with Gasteiger partial charge in [0.2, 0.25) is 0 Å². The van der Waals surface area contributed by atoms with Crippen LogP contribution in [0, 0.1) is 5.82 Å². The average Bonchev–Trinajstić information content (AvgIpc) is 2.45. The average molecular weight is 270 g/mol. The zero-order chi connectivity index (χ0) is 13.9. The molecule has 2 unspecified atom stereocenters. The van der Waals surface area contributed by atoms with E-state index in [0.717, 1.165) is 24.9 Å². The molecule has 0 saturated carbocycles. The maximum atomic E-state index is 14.1. The van der Waals surface area contributed by atoms with E-state index in [0.29, 0.717) is 5.92 Å². The zero-order valence-electron chi connectivity index (χ0n) is 11.6. The maximum Gasteiger partial charge on any atom is 0.146 e. The van der Waals surface area contributed by atoms with E-state index in [4.69, 9.17) is 0 Å². The van der Waals surface area contributed by atoms with Crippen LogP contribution in [-0.4, -0.2) is 11.5 Å². The topological polar surface area (TPSA) is 24.9 Å². The lowest BCUT2D eigenvalue weighted by Crippen LogP contribution is -2.34. The lowest BCUT2D eigenvalue weighted by atomic mass is 9.71. The van der Waals surface area contributed by atoms with Crippen LogP contribution in [0.15, 0.2) is 42.7 Å². The molecule has 2 nitrogen and oxygen atoms in total. The summed E-state index contributed by atoms with van der Waals surface area (Å²) in [5.74, 6) is 0.139. The van der Waals surface area contributed by atoms with Crippen LogP contribution < -0.4 is 5.32 Å². The van der Waals surface area contributed by atoms with E-state index < -0.39 is 0 Å². The fraction of sp³-hybridized carbons (Fsp3) is 0.353. The molecule has 0 aliphatic heterocycles. The summed E-state index contributed by atoms with van der Waals surface area (Å²) in [6.07, 6.45) is 5.03. The highest BCUT2D eigenvalue weighted by molar-refractivity contribution is 5.43. The lowest BCUT2D eigenvalue weighted by molar-refractivity contribution is 0.397. The molecule has 3 heteroatoms. The van der Waals surface area contributed by atoms with Gasteiger partial charge in [-0.05, 0) is 36.6 Å². The molecule has 3 rings (SSSR count). The number of nitrogens with one attached hydrogen (secondary N) is 1. The van der Waals surface area contributed by atoms with Crippen LogP contribution in [0.3, 0.4) is 0 Å². The van der Waals surface area contributed by atoms with Gasteiger partial charge in [-0.15, -0.1) is 0 Å². The summed E-state index contributed by atoms with van der Waals surface area (Å²) in [7, 11) is 0. The molecule has 0 radical (unpaired) electrons. The molecule has 1 N–H and O–H groups in total. The van der Waals surface area contributed by atoms with Gasteiger partial charge in [0.1, 0.15) is 5.82 Å². The van der Waals surface area contributed by atoms with Crippen LogP contribution in [0.2, 0.25) is 0 Å². The van der Waals surface area contributed by atoms with Crippen molar-refractivity contribution in [1.29, 1.82) is 0 Å². The van der Waals surface area contributed by atoms with E-state index in [1.54, 1.807) is 12.3 Å². The van der Waals surface area contributed by atoms with Crippen LogP contribution >= 0.6 is 0 Å². The Morgan fingerprint density at radius 2 is 2.20 bits per heavy atom. The molecule has 0 fully saturated rings. The Labute approximate surface area is 119 Å². The first-order chi connectivity index (χ1) is 9.81. The third-order valence-electron chi connectivity index (χ3n) is 4.05. The molecule has 0 amide bonds. The van der Waals surface area contributed by atoms with Gasteiger partial charge in [0.15, 0.2) is 0 Å². The van der Waals surface area contributed by atoms with Crippen molar-refractivity contribution in [2.45, 2.75) is 31.7 Å². The van der Waals surface area contributed by atoms with E-state index in [1.807, 2.05) is 0 Å². The van der Waals surface area contributed by atoms with E-state index in [-0.39, 0.29) is 11.9 Å². The van der Waals surface area contributed by atoms with E-state index in [9.17, 15) is 4.39 Å². The summed E-state index contributed by atoms with van der Waals surface area (Å²) in [5, 5.41) is 3.50. The standard InChI is InChI=1S/C17H19FN2/c1-2-8-20-17(14-7-9-19-11-16(14)18)15-10-12-5-3-4-6-13(12)15/h3-7,9,11,15,17,20H,2,8,10H2,1H3. The SMILES string of the molecule is CCCNC(c1ccncc1F)C1Cc2ccccc21.